The second-order valence-corrected chi connectivity index (χ2v) is 7.96. The number of para-hydroxylation sites is 2. The lowest BCUT2D eigenvalue weighted by Crippen LogP contribution is -2.48. The lowest BCUT2D eigenvalue weighted by atomic mass is 10.1. The average molecular weight is 360 g/mol. The van der Waals surface area contributed by atoms with Crippen LogP contribution in [0.1, 0.15) is 5.56 Å². The van der Waals surface area contributed by atoms with Crippen LogP contribution < -0.4 is 9.08 Å². The van der Waals surface area contributed by atoms with E-state index in [-0.39, 0.29) is 5.75 Å². The Morgan fingerprint density at radius 2 is 1.56 bits per heavy atom. The van der Waals surface area contributed by atoms with Crippen LogP contribution in [0.3, 0.4) is 0 Å². The van der Waals surface area contributed by atoms with E-state index in [2.05, 4.69) is 34.9 Å². The molecule has 3 rings (SSSR count). The fraction of sp³-hybridized carbons (Fsp3) is 0.368. The van der Waals surface area contributed by atoms with Gasteiger partial charge in [0.15, 0.2) is 0 Å². The maximum atomic E-state index is 12.1. The Morgan fingerprint density at radius 3 is 2.24 bits per heavy atom. The lowest BCUT2D eigenvalue weighted by molar-refractivity contribution is 0.270. The van der Waals surface area contributed by atoms with Gasteiger partial charge in [0, 0.05) is 38.4 Å². The van der Waals surface area contributed by atoms with E-state index in [4.69, 9.17) is 4.18 Å². The molecule has 5 nitrogen and oxygen atoms in total. The van der Waals surface area contributed by atoms with Crippen molar-refractivity contribution in [1.29, 1.82) is 0 Å². The molecule has 1 aliphatic rings. The molecule has 0 bridgehead atoms. The highest BCUT2D eigenvalue weighted by molar-refractivity contribution is 7.87. The van der Waals surface area contributed by atoms with Gasteiger partial charge in [0.05, 0.1) is 5.75 Å². The molecular formula is C19H24N2O3S. The van der Waals surface area contributed by atoms with Gasteiger partial charge in [0.1, 0.15) is 5.75 Å². The number of anilines is 1. The molecule has 0 saturated carbocycles. The van der Waals surface area contributed by atoms with Crippen LogP contribution in [0.5, 0.6) is 5.75 Å². The van der Waals surface area contributed by atoms with Gasteiger partial charge in [-0.2, -0.15) is 8.42 Å². The minimum atomic E-state index is -3.56. The van der Waals surface area contributed by atoms with Gasteiger partial charge >= 0.3 is 10.1 Å². The molecule has 2 aromatic rings. The SMILES string of the molecule is Cc1ccccc1N1CCN(CCS(=O)(=O)Oc2ccccc2)CC1. The Balaban J connectivity index is 1.48. The summed E-state index contributed by atoms with van der Waals surface area (Å²) in [5.41, 5.74) is 2.54. The maximum absolute atomic E-state index is 12.1. The number of nitrogens with zero attached hydrogens (tertiary/aromatic N) is 2. The first-order valence-corrected chi connectivity index (χ1v) is 10.1. The van der Waals surface area contributed by atoms with E-state index in [0.29, 0.717) is 12.3 Å². The minimum absolute atomic E-state index is 0.00621. The van der Waals surface area contributed by atoms with E-state index in [0.717, 1.165) is 26.2 Å². The largest absolute Gasteiger partial charge is 0.382 e. The number of benzene rings is 2. The molecule has 1 aliphatic heterocycles. The number of piperazine rings is 1. The first kappa shape index (κ1) is 17.8. The highest BCUT2D eigenvalue weighted by Crippen LogP contribution is 2.20. The second kappa shape index (κ2) is 7.89. The Morgan fingerprint density at radius 1 is 0.920 bits per heavy atom. The number of hydrogen-bond acceptors (Lipinski definition) is 5. The molecule has 0 N–H and O–H groups in total. The van der Waals surface area contributed by atoms with Crippen molar-refractivity contribution in [3.8, 4) is 5.75 Å². The van der Waals surface area contributed by atoms with Gasteiger partial charge in [-0.25, -0.2) is 0 Å². The van der Waals surface area contributed by atoms with E-state index < -0.39 is 10.1 Å². The number of rotatable bonds is 6. The average Bonchev–Trinajstić information content (AvgIpc) is 2.62. The van der Waals surface area contributed by atoms with Crippen molar-refractivity contribution >= 4 is 15.8 Å². The van der Waals surface area contributed by atoms with Gasteiger partial charge < -0.3 is 9.08 Å². The second-order valence-electron chi connectivity index (χ2n) is 6.27. The summed E-state index contributed by atoms with van der Waals surface area (Å²) in [4.78, 5) is 4.54. The van der Waals surface area contributed by atoms with Crippen LogP contribution in [0.25, 0.3) is 0 Å². The van der Waals surface area contributed by atoms with Crippen molar-refractivity contribution in [2.24, 2.45) is 0 Å². The molecule has 0 aromatic heterocycles. The predicted molar refractivity (Wildman–Crippen MR) is 101 cm³/mol. The summed E-state index contributed by atoms with van der Waals surface area (Å²) < 4.78 is 29.4. The smallest absolute Gasteiger partial charge is 0.310 e. The molecule has 1 fully saturated rings. The van der Waals surface area contributed by atoms with Crippen LogP contribution in [0.15, 0.2) is 54.6 Å². The van der Waals surface area contributed by atoms with Crippen LogP contribution in [0, 0.1) is 6.92 Å². The van der Waals surface area contributed by atoms with E-state index >= 15 is 0 Å². The van der Waals surface area contributed by atoms with E-state index in [9.17, 15) is 8.42 Å². The Labute approximate surface area is 150 Å². The van der Waals surface area contributed by atoms with Crippen LogP contribution in [0.2, 0.25) is 0 Å². The third-order valence-electron chi connectivity index (χ3n) is 4.45. The first-order chi connectivity index (χ1) is 12.0. The van der Waals surface area contributed by atoms with Crippen LogP contribution >= 0.6 is 0 Å². The number of hydrogen-bond donors (Lipinski definition) is 0. The fourth-order valence-corrected chi connectivity index (χ4v) is 4.01. The highest BCUT2D eigenvalue weighted by atomic mass is 32.2. The van der Waals surface area contributed by atoms with Gasteiger partial charge in [-0.15, -0.1) is 0 Å². The van der Waals surface area contributed by atoms with Crippen molar-refractivity contribution in [3.05, 3.63) is 60.2 Å². The summed E-state index contributed by atoms with van der Waals surface area (Å²) in [5.74, 6) is 0.374. The minimum Gasteiger partial charge on any atom is -0.382 e. The third-order valence-corrected chi connectivity index (χ3v) is 5.58. The van der Waals surface area contributed by atoms with Gasteiger partial charge in [-0.3, -0.25) is 4.90 Å². The van der Waals surface area contributed by atoms with E-state index in [1.807, 2.05) is 12.1 Å². The van der Waals surface area contributed by atoms with E-state index in [1.165, 1.54) is 11.3 Å². The lowest BCUT2D eigenvalue weighted by Gasteiger charge is -2.36. The summed E-state index contributed by atoms with van der Waals surface area (Å²) >= 11 is 0. The quantitative estimate of drug-likeness (QED) is 0.741. The van der Waals surface area contributed by atoms with Crippen molar-refractivity contribution in [1.82, 2.24) is 4.90 Å². The van der Waals surface area contributed by atoms with Crippen molar-refractivity contribution in [2.75, 3.05) is 43.4 Å². The topological polar surface area (TPSA) is 49.9 Å². The summed E-state index contributed by atoms with van der Waals surface area (Å²) in [6, 6.07) is 17.0. The molecule has 0 radical (unpaired) electrons. The molecule has 0 unspecified atom stereocenters. The van der Waals surface area contributed by atoms with Crippen molar-refractivity contribution in [3.63, 3.8) is 0 Å². The van der Waals surface area contributed by atoms with Crippen LogP contribution in [-0.2, 0) is 10.1 Å². The summed E-state index contributed by atoms with van der Waals surface area (Å²) in [7, 11) is -3.56. The van der Waals surface area contributed by atoms with Gasteiger partial charge in [-0.05, 0) is 30.7 Å². The molecule has 134 valence electrons. The monoisotopic (exact) mass is 360 g/mol. The fourth-order valence-electron chi connectivity index (χ4n) is 3.04. The van der Waals surface area contributed by atoms with Crippen molar-refractivity contribution < 1.29 is 12.6 Å². The molecule has 25 heavy (non-hydrogen) atoms. The molecule has 0 aliphatic carbocycles. The van der Waals surface area contributed by atoms with E-state index in [1.54, 1.807) is 24.3 Å². The molecule has 6 heteroatoms. The molecule has 0 amide bonds. The Bertz CT molecular complexity index is 785. The predicted octanol–water partition coefficient (Wildman–Crippen LogP) is 2.53. The zero-order chi connectivity index (χ0) is 17.7. The summed E-state index contributed by atoms with van der Waals surface area (Å²) in [6.45, 7) is 6.14. The molecule has 1 heterocycles. The Hall–Kier alpha value is -2.05. The molecule has 1 saturated heterocycles. The third kappa shape index (κ3) is 4.96. The molecular weight excluding hydrogens is 336 g/mol. The van der Waals surface area contributed by atoms with Gasteiger partial charge in [-0.1, -0.05) is 36.4 Å². The van der Waals surface area contributed by atoms with Crippen molar-refractivity contribution in [2.45, 2.75) is 6.92 Å². The van der Waals surface area contributed by atoms with Gasteiger partial charge in [0.2, 0.25) is 0 Å². The standard InChI is InChI=1S/C19H24N2O3S/c1-17-7-5-6-10-19(17)21-13-11-20(12-14-21)15-16-25(22,23)24-18-8-3-2-4-9-18/h2-10H,11-16H2,1H3. The summed E-state index contributed by atoms with van der Waals surface area (Å²) in [6.07, 6.45) is 0. The normalized spacial score (nSPS) is 16.0. The van der Waals surface area contributed by atoms with Gasteiger partial charge in [0.25, 0.3) is 0 Å². The zero-order valence-corrected chi connectivity index (χ0v) is 15.3. The maximum Gasteiger partial charge on any atom is 0.310 e. The molecule has 2 aromatic carbocycles. The Kier molecular flexibility index (Phi) is 5.60. The molecule has 0 spiro atoms. The zero-order valence-electron chi connectivity index (χ0n) is 14.5. The molecule has 0 atom stereocenters. The van der Waals surface area contributed by atoms with Crippen LogP contribution in [-0.4, -0.2) is 51.8 Å². The highest BCUT2D eigenvalue weighted by Gasteiger charge is 2.21. The number of aryl methyl sites for hydroxylation is 1. The van der Waals surface area contributed by atoms with Crippen LogP contribution in [0.4, 0.5) is 5.69 Å². The first-order valence-electron chi connectivity index (χ1n) is 8.54. The summed E-state index contributed by atoms with van der Waals surface area (Å²) in [5, 5.41) is 0.